The van der Waals surface area contributed by atoms with Crippen molar-refractivity contribution in [3.63, 3.8) is 0 Å². The molecule has 4 heteroatoms. The van der Waals surface area contributed by atoms with E-state index in [1.54, 1.807) is 0 Å². The lowest BCUT2D eigenvalue weighted by atomic mass is 9.78. The highest BCUT2D eigenvalue weighted by molar-refractivity contribution is 4.97. The highest BCUT2D eigenvalue weighted by atomic mass is 15.2. The van der Waals surface area contributed by atoms with Crippen LogP contribution in [-0.2, 0) is 13.1 Å². The standard InChI is InChI=1S/C14H26N4/c1-3-14(2)4-7-17(8-5-14)10-13-11-18(9-6-15)12-16-13/h11-12H,3-10,15H2,1-2H3. The number of hydrogen-bond acceptors (Lipinski definition) is 3. The first-order valence-corrected chi connectivity index (χ1v) is 7.08. The first kappa shape index (κ1) is 13.6. The Balaban J connectivity index is 1.83. The highest BCUT2D eigenvalue weighted by Crippen LogP contribution is 2.34. The number of imidazole rings is 1. The fraction of sp³-hybridized carbons (Fsp3) is 0.786. The van der Waals surface area contributed by atoms with Crippen molar-refractivity contribution in [1.29, 1.82) is 0 Å². The molecular weight excluding hydrogens is 224 g/mol. The van der Waals surface area contributed by atoms with Gasteiger partial charge in [0.05, 0.1) is 12.0 Å². The van der Waals surface area contributed by atoms with E-state index in [9.17, 15) is 0 Å². The minimum atomic E-state index is 0.565. The zero-order chi connectivity index (χ0) is 13.0. The molecule has 0 radical (unpaired) electrons. The van der Waals surface area contributed by atoms with E-state index < -0.39 is 0 Å². The van der Waals surface area contributed by atoms with Crippen LogP contribution in [0.1, 0.15) is 38.8 Å². The van der Waals surface area contributed by atoms with Gasteiger partial charge < -0.3 is 10.3 Å². The van der Waals surface area contributed by atoms with Crippen LogP contribution in [0.2, 0.25) is 0 Å². The molecule has 0 aliphatic carbocycles. The Labute approximate surface area is 110 Å². The highest BCUT2D eigenvalue weighted by Gasteiger charge is 2.28. The molecule has 1 aliphatic heterocycles. The summed E-state index contributed by atoms with van der Waals surface area (Å²) in [5.41, 5.74) is 7.28. The Morgan fingerprint density at radius 1 is 1.39 bits per heavy atom. The summed E-state index contributed by atoms with van der Waals surface area (Å²) in [4.78, 5) is 6.97. The van der Waals surface area contributed by atoms with Gasteiger partial charge in [-0.3, -0.25) is 4.90 Å². The van der Waals surface area contributed by atoms with Gasteiger partial charge in [0.25, 0.3) is 0 Å². The van der Waals surface area contributed by atoms with Gasteiger partial charge in [0.15, 0.2) is 0 Å². The van der Waals surface area contributed by atoms with Gasteiger partial charge in [0.1, 0.15) is 0 Å². The van der Waals surface area contributed by atoms with Gasteiger partial charge in [-0.05, 0) is 31.3 Å². The zero-order valence-electron chi connectivity index (χ0n) is 11.7. The quantitative estimate of drug-likeness (QED) is 0.867. The molecule has 0 bridgehead atoms. The predicted molar refractivity (Wildman–Crippen MR) is 74.2 cm³/mol. The van der Waals surface area contributed by atoms with E-state index in [1.165, 1.54) is 38.0 Å². The van der Waals surface area contributed by atoms with Crippen molar-refractivity contribution in [2.75, 3.05) is 19.6 Å². The smallest absolute Gasteiger partial charge is 0.0950 e. The third-order valence-electron chi connectivity index (χ3n) is 4.38. The van der Waals surface area contributed by atoms with Gasteiger partial charge >= 0.3 is 0 Å². The Bertz CT molecular complexity index is 364. The minimum Gasteiger partial charge on any atom is -0.336 e. The molecule has 2 N–H and O–H groups in total. The lowest BCUT2D eigenvalue weighted by Crippen LogP contribution is -2.37. The van der Waals surface area contributed by atoms with E-state index >= 15 is 0 Å². The molecule has 0 amide bonds. The van der Waals surface area contributed by atoms with Crippen molar-refractivity contribution in [2.24, 2.45) is 11.1 Å². The van der Waals surface area contributed by atoms with E-state index in [-0.39, 0.29) is 0 Å². The van der Waals surface area contributed by atoms with Crippen LogP contribution in [-0.4, -0.2) is 34.1 Å². The fourth-order valence-corrected chi connectivity index (χ4v) is 2.59. The second-order valence-corrected chi connectivity index (χ2v) is 5.83. The number of rotatable bonds is 5. The van der Waals surface area contributed by atoms with E-state index in [0.29, 0.717) is 12.0 Å². The van der Waals surface area contributed by atoms with Crippen LogP contribution < -0.4 is 5.73 Å². The summed E-state index contributed by atoms with van der Waals surface area (Å²) < 4.78 is 2.08. The average molecular weight is 250 g/mol. The monoisotopic (exact) mass is 250 g/mol. The fourth-order valence-electron chi connectivity index (χ4n) is 2.59. The van der Waals surface area contributed by atoms with Crippen LogP contribution in [0, 0.1) is 5.41 Å². The van der Waals surface area contributed by atoms with E-state index in [4.69, 9.17) is 5.73 Å². The number of likely N-dealkylation sites (tertiary alicyclic amines) is 1. The third kappa shape index (κ3) is 3.33. The van der Waals surface area contributed by atoms with Gasteiger partial charge in [0.2, 0.25) is 0 Å². The van der Waals surface area contributed by atoms with Crippen molar-refractivity contribution in [3.05, 3.63) is 18.2 Å². The molecule has 0 atom stereocenters. The van der Waals surface area contributed by atoms with Crippen molar-refractivity contribution in [3.8, 4) is 0 Å². The normalized spacial score (nSPS) is 20.2. The number of hydrogen-bond donors (Lipinski definition) is 1. The van der Waals surface area contributed by atoms with Crippen molar-refractivity contribution in [2.45, 2.75) is 46.2 Å². The van der Waals surface area contributed by atoms with Gasteiger partial charge in [0, 0.05) is 25.8 Å². The Hall–Kier alpha value is -0.870. The minimum absolute atomic E-state index is 0.565. The molecule has 2 rings (SSSR count). The molecule has 1 aromatic heterocycles. The van der Waals surface area contributed by atoms with Gasteiger partial charge in [-0.1, -0.05) is 20.3 Å². The van der Waals surface area contributed by atoms with Gasteiger partial charge in [-0.15, -0.1) is 0 Å². The van der Waals surface area contributed by atoms with Crippen molar-refractivity contribution in [1.82, 2.24) is 14.5 Å². The summed E-state index contributed by atoms with van der Waals surface area (Å²) in [7, 11) is 0. The molecule has 1 fully saturated rings. The zero-order valence-corrected chi connectivity index (χ0v) is 11.7. The van der Waals surface area contributed by atoms with E-state index in [0.717, 1.165) is 13.1 Å². The Morgan fingerprint density at radius 3 is 2.72 bits per heavy atom. The average Bonchev–Trinajstić information content (AvgIpc) is 2.81. The largest absolute Gasteiger partial charge is 0.336 e. The van der Waals surface area contributed by atoms with Crippen LogP contribution in [0.25, 0.3) is 0 Å². The summed E-state index contributed by atoms with van der Waals surface area (Å²) in [6, 6.07) is 0. The van der Waals surface area contributed by atoms with Crippen molar-refractivity contribution < 1.29 is 0 Å². The van der Waals surface area contributed by atoms with Crippen LogP contribution >= 0.6 is 0 Å². The first-order valence-electron chi connectivity index (χ1n) is 7.08. The van der Waals surface area contributed by atoms with Gasteiger partial charge in [-0.2, -0.15) is 0 Å². The van der Waals surface area contributed by atoms with Crippen LogP contribution in [0.4, 0.5) is 0 Å². The molecule has 1 aromatic rings. The maximum atomic E-state index is 5.54. The van der Waals surface area contributed by atoms with Crippen LogP contribution in [0.5, 0.6) is 0 Å². The lowest BCUT2D eigenvalue weighted by molar-refractivity contribution is 0.109. The molecule has 18 heavy (non-hydrogen) atoms. The Kier molecular flexibility index (Phi) is 4.40. The molecular formula is C14H26N4. The number of nitrogens with zero attached hydrogens (tertiary/aromatic N) is 3. The summed E-state index contributed by atoms with van der Waals surface area (Å²) >= 11 is 0. The topological polar surface area (TPSA) is 47.1 Å². The van der Waals surface area contributed by atoms with Gasteiger partial charge in [-0.25, -0.2) is 4.98 Å². The predicted octanol–water partition coefficient (Wildman–Crippen LogP) is 1.85. The van der Waals surface area contributed by atoms with Crippen LogP contribution in [0.15, 0.2) is 12.5 Å². The molecule has 0 aromatic carbocycles. The summed E-state index contributed by atoms with van der Waals surface area (Å²) in [6.45, 7) is 9.65. The Morgan fingerprint density at radius 2 is 2.11 bits per heavy atom. The summed E-state index contributed by atoms with van der Waals surface area (Å²) in [5, 5.41) is 0. The molecule has 2 heterocycles. The van der Waals surface area contributed by atoms with Crippen LogP contribution in [0.3, 0.4) is 0 Å². The lowest BCUT2D eigenvalue weighted by Gasteiger charge is -2.38. The molecule has 1 saturated heterocycles. The number of nitrogens with two attached hydrogens (primary N) is 1. The molecule has 0 saturated carbocycles. The maximum Gasteiger partial charge on any atom is 0.0950 e. The summed E-state index contributed by atoms with van der Waals surface area (Å²) in [5.74, 6) is 0. The molecule has 102 valence electrons. The number of aromatic nitrogens is 2. The third-order valence-corrected chi connectivity index (χ3v) is 4.38. The molecule has 4 nitrogen and oxygen atoms in total. The van der Waals surface area contributed by atoms with E-state index in [2.05, 4.69) is 34.5 Å². The second kappa shape index (κ2) is 5.85. The molecule has 1 aliphatic rings. The molecule has 0 spiro atoms. The second-order valence-electron chi connectivity index (χ2n) is 5.83. The number of piperidine rings is 1. The molecule has 0 unspecified atom stereocenters. The van der Waals surface area contributed by atoms with E-state index in [1.807, 2.05) is 6.33 Å². The summed E-state index contributed by atoms with van der Waals surface area (Å²) in [6.07, 6.45) is 7.94. The SMILES string of the molecule is CCC1(C)CCN(Cc2cn(CCN)cn2)CC1. The maximum absolute atomic E-state index is 5.54. The first-order chi connectivity index (χ1) is 8.65. The van der Waals surface area contributed by atoms with Crippen molar-refractivity contribution >= 4 is 0 Å².